The standard InChI is InChI=1S/C18H26N2O/c1-18(2)9-15-8-13(4-5-17(15)21-18)10-20-11-14-6-7-19(3)16(14)12-20/h4-5,8,14,16H,6-7,9-12H2,1-3H3/t14-,16+/m0/s1. The van der Waals surface area contributed by atoms with Crippen molar-refractivity contribution in [2.24, 2.45) is 5.92 Å². The van der Waals surface area contributed by atoms with E-state index < -0.39 is 0 Å². The number of nitrogens with zero attached hydrogens (tertiary/aromatic N) is 2. The number of fused-ring (bicyclic) bond motifs is 2. The first-order valence-electron chi connectivity index (χ1n) is 8.24. The monoisotopic (exact) mass is 286 g/mol. The fraction of sp³-hybridized carbons (Fsp3) is 0.667. The summed E-state index contributed by atoms with van der Waals surface area (Å²) in [5, 5.41) is 0. The van der Waals surface area contributed by atoms with Crippen LogP contribution in [0.15, 0.2) is 18.2 Å². The van der Waals surface area contributed by atoms with E-state index in [9.17, 15) is 0 Å². The number of rotatable bonds is 2. The van der Waals surface area contributed by atoms with E-state index >= 15 is 0 Å². The molecular formula is C18H26N2O. The SMILES string of the molecule is CN1CC[C@H]2CN(Cc3ccc4c(c3)CC(C)(C)O4)C[C@H]21. The number of hydrogen-bond donors (Lipinski definition) is 0. The van der Waals surface area contributed by atoms with Crippen LogP contribution in [0, 0.1) is 5.92 Å². The maximum Gasteiger partial charge on any atom is 0.123 e. The zero-order valence-corrected chi connectivity index (χ0v) is 13.4. The van der Waals surface area contributed by atoms with E-state index in [4.69, 9.17) is 4.74 Å². The fourth-order valence-corrected chi connectivity index (χ4v) is 4.41. The summed E-state index contributed by atoms with van der Waals surface area (Å²) in [5.41, 5.74) is 2.79. The summed E-state index contributed by atoms with van der Waals surface area (Å²) in [5.74, 6) is 1.98. The lowest BCUT2D eigenvalue weighted by Gasteiger charge is -2.20. The van der Waals surface area contributed by atoms with Crippen LogP contribution in [-0.2, 0) is 13.0 Å². The Kier molecular flexibility index (Phi) is 3.05. The van der Waals surface area contributed by atoms with Crippen molar-refractivity contribution in [3.8, 4) is 5.75 Å². The Balaban J connectivity index is 1.45. The fourth-order valence-electron chi connectivity index (χ4n) is 4.41. The summed E-state index contributed by atoms with van der Waals surface area (Å²) in [7, 11) is 2.28. The summed E-state index contributed by atoms with van der Waals surface area (Å²) in [6.45, 7) is 9.23. The maximum atomic E-state index is 5.97. The van der Waals surface area contributed by atoms with Crippen molar-refractivity contribution in [1.29, 1.82) is 0 Å². The van der Waals surface area contributed by atoms with E-state index in [1.165, 1.54) is 37.2 Å². The predicted octanol–water partition coefficient (Wildman–Crippen LogP) is 2.54. The smallest absolute Gasteiger partial charge is 0.123 e. The molecule has 2 saturated heterocycles. The minimum Gasteiger partial charge on any atom is -0.487 e. The molecule has 0 bridgehead atoms. The summed E-state index contributed by atoms with van der Waals surface area (Å²) >= 11 is 0. The van der Waals surface area contributed by atoms with Crippen LogP contribution in [0.1, 0.15) is 31.4 Å². The lowest BCUT2D eigenvalue weighted by molar-refractivity contribution is 0.138. The van der Waals surface area contributed by atoms with Crippen LogP contribution in [0.3, 0.4) is 0 Å². The molecule has 3 heterocycles. The van der Waals surface area contributed by atoms with Crippen molar-refractivity contribution in [2.45, 2.75) is 44.9 Å². The van der Waals surface area contributed by atoms with Crippen molar-refractivity contribution in [1.82, 2.24) is 9.80 Å². The quantitative estimate of drug-likeness (QED) is 0.831. The first kappa shape index (κ1) is 13.6. The van der Waals surface area contributed by atoms with Gasteiger partial charge in [0.1, 0.15) is 11.4 Å². The molecule has 3 aliphatic heterocycles. The summed E-state index contributed by atoms with van der Waals surface area (Å²) < 4.78 is 5.97. The van der Waals surface area contributed by atoms with Gasteiger partial charge in [-0.15, -0.1) is 0 Å². The second-order valence-electron chi connectivity index (χ2n) is 7.77. The van der Waals surface area contributed by atoms with Crippen LogP contribution in [0.5, 0.6) is 5.75 Å². The molecule has 0 unspecified atom stereocenters. The number of benzene rings is 1. The third kappa shape index (κ3) is 2.47. The molecule has 21 heavy (non-hydrogen) atoms. The highest BCUT2D eigenvalue weighted by Crippen LogP contribution is 2.36. The van der Waals surface area contributed by atoms with Gasteiger partial charge in [-0.3, -0.25) is 4.90 Å². The zero-order valence-electron chi connectivity index (χ0n) is 13.4. The van der Waals surface area contributed by atoms with Gasteiger partial charge in [-0.05, 0) is 57.0 Å². The van der Waals surface area contributed by atoms with Crippen LogP contribution in [-0.4, -0.2) is 48.1 Å². The van der Waals surface area contributed by atoms with Crippen molar-refractivity contribution >= 4 is 0 Å². The second kappa shape index (κ2) is 4.72. The molecule has 0 radical (unpaired) electrons. The van der Waals surface area contributed by atoms with Gasteiger partial charge in [0.15, 0.2) is 0 Å². The first-order chi connectivity index (χ1) is 10.00. The maximum absolute atomic E-state index is 5.97. The number of likely N-dealkylation sites (N-methyl/N-ethyl adjacent to an activating group) is 1. The van der Waals surface area contributed by atoms with Crippen LogP contribution in [0.2, 0.25) is 0 Å². The van der Waals surface area contributed by atoms with E-state index in [1.54, 1.807) is 0 Å². The van der Waals surface area contributed by atoms with Gasteiger partial charge in [-0.25, -0.2) is 0 Å². The number of hydrogen-bond acceptors (Lipinski definition) is 3. The van der Waals surface area contributed by atoms with E-state index in [0.717, 1.165) is 30.7 Å². The molecule has 4 rings (SSSR count). The Hall–Kier alpha value is -1.06. The van der Waals surface area contributed by atoms with Gasteiger partial charge in [-0.2, -0.15) is 0 Å². The second-order valence-corrected chi connectivity index (χ2v) is 7.77. The molecule has 3 heteroatoms. The van der Waals surface area contributed by atoms with Crippen molar-refractivity contribution < 1.29 is 4.74 Å². The molecule has 1 aromatic carbocycles. The van der Waals surface area contributed by atoms with Gasteiger partial charge in [0.2, 0.25) is 0 Å². The molecule has 0 saturated carbocycles. The molecule has 0 aliphatic carbocycles. The van der Waals surface area contributed by atoms with Gasteiger partial charge >= 0.3 is 0 Å². The minimum absolute atomic E-state index is 0.0334. The molecule has 2 atom stereocenters. The van der Waals surface area contributed by atoms with Crippen LogP contribution < -0.4 is 4.74 Å². The van der Waals surface area contributed by atoms with E-state index in [1.807, 2.05) is 0 Å². The molecule has 1 aromatic rings. The van der Waals surface area contributed by atoms with Crippen LogP contribution >= 0.6 is 0 Å². The lowest BCUT2D eigenvalue weighted by atomic mass is 10.00. The molecule has 0 amide bonds. The zero-order chi connectivity index (χ0) is 14.6. The summed E-state index contributed by atoms with van der Waals surface area (Å²) in [4.78, 5) is 5.18. The minimum atomic E-state index is -0.0334. The normalized spacial score (nSPS) is 31.2. The molecule has 0 aromatic heterocycles. The molecule has 0 N–H and O–H groups in total. The highest BCUT2D eigenvalue weighted by atomic mass is 16.5. The molecule has 3 nitrogen and oxygen atoms in total. The molecule has 0 spiro atoms. The Morgan fingerprint density at radius 2 is 2.14 bits per heavy atom. The highest BCUT2D eigenvalue weighted by molar-refractivity contribution is 5.41. The van der Waals surface area contributed by atoms with Gasteiger partial charge in [0.25, 0.3) is 0 Å². The molecule has 2 fully saturated rings. The van der Waals surface area contributed by atoms with E-state index in [0.29, 0.717) is 0 Å². The van der Waals surface area contributed by atoms with Gasteiger partial charge in [0, 0.05) is 32.1 Å². The predicted molar refractivity (Wildman–Crippen MR) is 84.7 cm³/mol. The Morgan fingerprint density at radius 1 is 1.29 bits per heavy atom. The Bertz CT molecular complexity index is 554. The van der Waals surface area contributed by atoms with E-state index in [-0.39, 0.29) is 5.60 Å². The average molecular weight is 286 g/mol. The van der Waals surface area contributed by atoms with E-state index in [2.05, 4.69) is 48.9 Å². The Morgan fingerprint density at radius 3 is 2.95 bits per heavy atom. The van der Waals surface area contributed by atoms with Gasteiger partial charge in [-0.1, -0.05) is 12.1 Å². The van der Waals surface area contributed by atoms with Crippen molar-refractivity contribution in [3.05, 3.63) is 29.3 Å². The number of likely N-dealkylation sites (tertiary alicyclic amines) is 2. The highest BCUT2D eigenvalue weighted by Gasteiger charge is 2.39. The Labute approximate surface area is 127 Å². The largest absolute Gasteiger partial charge is 0.487 e. The van der Waals surface area contributed by atoms with Gasteiger partial charge in [0.05, 0.1) is 0 Å². The topological polar surface area (TPSA) is 15.7 Å². The van der Waals surface area contributed by atoms with Crippen LogP contribution in [0.4, 0.5) is 0 Å². The lowest BCUT2D eigenvalue weighted by Crippen LogP contribution is -2.31. The molecular weight excluding hydrogens is 260 g/mol. The number of ether oxygens (including phenoxy) is 1. The third-order valence-corrected chi connectivity index (χ3v) is 5.43. The van der Waals surface area contributed by atoms with Crippen molar-refractivity contribution in [3.63, 3.8) is 0 Å². The van der Waals surface area contributed by atoms with Gasteiger partial charge < -0.3 is 9.64 Å². The van der Waals surface area contributed by atoms with Crippen LogP contribution in [0.25, 0.3) is 0 Å². The summed E-state index contributed by atoms with van der Waals surface area (Å²) in [6.07, 6.45) is 2.41. The summed E-state index contributed by atoms with van der Waals surface area (Å²) in [6, 6.07) is 7.57. The molecule has 3 aliphatic rings. The average Bonchev–Trinajstić information content (AvgIpc) is 3.03. The first-order valence-corrected chi connectivity index (χ1v) is 8.24. The van der Waals surface area contributed by atoms with Crippen molar-refractivity contribution in [2.75, 3.05) is 26.7 Å². The molecule has 114 valence electrons. The third-order valence-electron chi connectivity index (χ3n) is 5.43.